The molecule has 0 fully saturated rings. The molecule has 132 valence electrons. The molecule has 1 aliphatic heterocycles. The highest BCUT2D eigenvalue weighted by Crippen LogP contribution is 2.31. The zero-order valence-corrected chi connectivity index (χ0v) is 14.9. The van der Waals surface area contributed by atoms with Crippen LogP contribution in [0.15, 0.2) is 36.2 Å². The minimum absolute atomic E-state index is 0.0409. The second-order valence-electron chi connectivity index (χ2n) is 6.19. The highest BCUT2D eigenvalue weighted by molar-refractivity contribution is 5.99. The molecule has 0 spiro atoms. The molecule has 0 aliphatic carbocycles. The van der Waals surface area contributed by atoms with E-state index in [1.54, 1.807) is 22.8 Å². The molecule has 25 heavy (non-hydrogen) atoms. The zero-order valence-electron chi connectivity index (χ0n) is 14.9. The van der Waals surface area contributed by atoms with Gasteiger partial charge >= 0.3 is 0 Å². The van der Waals surface area contributed by atoms with Crippen LogP contribution in [0.4, 0.5) is 0 Å². The van der Waals surface area contributed by atoms with Crippen molar-refractivity contribution in [2.45, 2.75) is 19.9 Å². The minimum atomic E-state index is -0.0409. The number of ether oxygens (including phenoxy) is 2. The third-order valence-electron chi connectivity index (χ3n) is 3.97. The maximum atomic E-state index is 12.7. The molecule has 1 aromatic heterocycles. The Morgan fingerprint density at radius 3 is 3.00 bits per heavy atom. The number of hydrogen-bond donors (Lipinski definition) is 0. The molecular formula is C19H23N3O3. The van der Waals surface area contributed by atoms with Crippen LogP contribution in [0.5, 0.6) is 11.5 Å². The molecule has 0 saturated carbocycles. The molecule has 1 amide bonds. The number of carbonyl (C=O) groups excluding carboxylic acids is 1. The Hall–Kier alpha value is -2.76. The van der Waals surface area contributed by atoms with E-state index in [0.29, 0.717) is 18.7 Å². The number of aryl methyl sites for hydroxylation is 1. The van der Waals surface area contributed by atoms with E-state index in [1.807, 2.05) is 37.5 Å². The second kappa shape index (κ2) is 7.42. The van der Waals surface area contributed by atoms with Gasteiger partial charge in [-0.05, 0) is 24.6 Å². The fourth-order valence-corrected chi connectivity index (χ4v) is 2.72. The summed E-state index contributed by atoms with van der Waals surface area (Å²) in [4.78, 5) is 14.3. The Morgan fingerprint density at radius 1 is 1.44 bits per heavy atom. The summed E-state index contributed by atoms with van der Waals surface area (Å²) in [6.07, 6.45) is 6.52. The van der Waals surface area contributed by atoms with Crippen LogP contribution in [0.1, 0.15) is 24.5 Å². The third-order valence-corrected chi connectivity index (χ3v) is 3.97. The number of amides is 1. The van der Waals surface area contributed by atoms with Gasteiger partial charge in [0.05, 0.1) is 18.4 Å². The second-order valence-corrected chi connectivity index (χ2v) is 6.19. The van der Waals surface area contributed by atoms with Crippen LogP contribution in [0.2, 0.25) is 0 Å². The summed E-state index contributed by atoms with van der Waals surface area (Å²) in [7, 11) is 3.64. The Kier molecular flexibility index (Phi) is 5.07. The molecule has 3 rings (SSSR count). The fourth-order valence-electron chi connectivity index (χ4n) is 2.72. The molecule has 0 unspecified atom stereocenters. The summed E-state index contributed by atoms with van der Waals surface area (Å²) < 4.78 is 13.1. The molecule has 1 aromatic carbocycles. The van der Waals surface area contributed by atoms with E-state index in [-0.39, 0.29) is 12.5 Å². The summed E-state index contributed by atoms with van der Waals surface area (Å²) in [6, 6.07) is 5.71. The highest BCUT2D eigenvalue weighted by Gasteiger charge is 2.21. The van der Waals surface area contributed by atoms with Crippen LogP contribution in [0, 0.1) is 0 Å². The van der Waals surface area contributed by atoms with E-state index < -0.39 is 0 Å². The van der Waals surface area contributed by atoms with Crippen molar-refractivity contribution in [3.63, 3.8) is 0 Å². The third kappa shape index (κ3) is 4.02. The number of likely N-dealkylation sites (N-methyl/N-ethyl adjacent to an activating group) is 1. The van der Waals surface area contributed by atoms with E-state index >= 15 is 0 Å². The van der Waals surface area contributed by atoms with Crippen molar-refractivity contribution in [3.8, 4) is 11.5 Å². The van der Waals surface area contributed by atoms with Crippen molar-refractivity contribution in [1.82, 2.24) is 14.7 Å². The maximum Gasteiger partial charge on any atom is 0.253 e. The predicted molar refractivity (Wildman–Crippen MR) is 95.4 cm³/mol. The summed E-state index contributed by atoms with van der Waals surface area (Å²) in [5, 5.41) is 4.13. The lowest BCUT2D eigenvalue weighted by molar-refractivity contribution is -0.126. The normalized spacial score (nSPS) is 12.8. The van der Waals surface area contributed by atoms with Gasteiger partial charge in [-0.25, -0.2) is 0 Å². The number of hydrogen-bond acceptors (Lipinski definition) is 4. The molecular weight excluding hydrogens is 318 g/mol. The zero-order chi connectivity index (χ0) is 17.8. The van der Waals surface area contributed by atoms with Crippen molar-refractivity contribution >= 4 is 12.0 Å². The molecule has 6 heteroatoms. The first kappa shape index (κ1) is 17.1. The Morgan fingerprint density at radius 2 is 2.28 bits per heavy atom. The van der Waals surface area contributed by atoms with Crippen molar-refractivity contribution < 1.29 is 14.3 Å². The van der Waals surface area contributed by atoms with Gasteiger partial charge in [0.1, 0.15) is 18.1 Å². The van der Waals surface area contributed by atoms with E-state index in [9.17, 15) is 4.79 Å². The first-order valence-corrected chi connectivity index (χ1v) is 8.40. The van der Waals surface area contributed by atoms with Gasteiger partial charge in [0.15, 0.2) is 0 Å². The molecule has 0 N–H and O–H groups in total. The van der Waals surface area contributed by atoms with Crippen LogP contribution < -0.4 is 9.47 Å². The monoisotopic (exact) mass is 341 g/mol. The average molecular weight is 341 g/mol. The number of aromatic nitrogens is 2. The number of rotatable bonds is 6. The predicted octanol–water partition coefficient (Wildman–Crippen LogP) is 2.64. The van der Waals surface area contributed by atoms with Crippen molar-refractivity contribution in [3.05, 3.63) is 47.3 Å². The van der Waals surface area contributed by atoms with Crippen LogP contribution in [0.25, 0.3) is 6.08 Å². The summed E-state index contributed by atoms with van der Waals surface area (Å²) in [6.45, 7) is 3.52. The number of carbonyl (C=O) groups is 1. The average Bonchev–Trinajstić information content (AvgIpc) is 3.03. The van der Waals surface area contributed by atoms with E-state index in [2.05, 4.69) is 12.0 Å². The molecule has 0 saturated heterocycles. The van der Waals surface area contributed by atoms with Crippen LogP contribution in [0.3, 0.4) is 0 Å². The molecule has 2 aromatic rings. The van der Waals surface area contributed by atoms with Gasteiger partial charge in [0, 0.05) is 44.0 Å². The van der Waals surface area contributed by atoms with E-state index in [4.69, 9.17) is 9.47 Å². The molecule has 1 aliphatic rings. The van der Waals surface area contributed by atoms with Crippen molar-refractivity contribution in [2.75, 3.05) is 20.3 Å². The van der Waals surface area contributed by atoms with Crippen molar-refractivity contribution in [1.29, 1.82) is 0 Å². The quantitative estimate of drug-likeness (QED) is 0.810. The molecule has 2 heterocycles. The minimum Gasteiger partial charge on any atom is -0.493 e. The van der Waals surface area contributed by atoms with Gasteiger partial charge < -0.3 is 14.4 Å². The lowest BCUT2D eigenvalue weighted by Gasteiger charge is -2.22. The summed E-state index contributed by atoms with van der Waals surface area (Å²) in [5.74, 6) is 1.50. The lowest BCUT2D eigenvalue weighted by Crippen LogP contribution is -2.30. The first-order chi connectivity index (χ1) is 12.1. The van der Waals surface area contributed by atoms with Gasteiger partial charge in [-0.3, -0.25) is 9.48 Å². The van der Waals surface area contributed by atoms with E-state index in [0.717, 1.165) is 29.0 Å². The topological polar surface area (TPSA) is 56.6 Å². The van der Waals surface area contributed by atoms with Gasteiger partial charge in [-0.1, -0.05) is 6.92 Å². The summed E-state index contributed by atoms with van der Waals surface area (Å²) in [5.41, 5.74) is 2.53. The molecule has 6 nitrogen and oxygen atoms in total. The van der Waals surface area contributed by atoms with Gasteiger partial charge in [-0.2, -0.15) is 5.10 Å². The van der Waals surface area contributed by atoms with Gasteiger partial charge in [0.25, 0.3) is 5.91 Å². The largest absolute Gasteiger partial charge is 0.493 e. The Balaban J connectivity index is 1.70. The Bertz CT molecular complexity index is 795. The van der Waals surface area contributed by atoms with Crippen LogP contribution in [-0.2, 0) is 18.4 Å². The standard InChI is InChI=1S/C19H23N3O3/c1-4-7-24-17-6-5-15-8-16(13-25-18(15)9-17)19(23)21(2)11-14-10-20-22(3)12-14/h5-6,8-10,12H,4,7,11,13H2,1-3H3. The SMILES string of the molecule is CCCOc1ccc2c(c1)OCC(C(=O)N(C)Cc1cnn(C)c1)=C2. The lowest BCUT2D eigenvalue weighted by atomic mass is 10.1. The molecule has 0 bridgehead atoms. The van der Waals surface area contributed by atoms with Crippen molar-refractivity contribution in [2.24, 2.45) is 7.05 Å². The number of nitrogens with zero attached hydrogens (tertiary/aromatic N) is 3. The van der Waals surface area contributed by atoms with E-state index in [1.165, 1.54) is 0 Å². The summed E-state index contributed by atoms with van der Waals surface area (Å²) >= 11 is 0. The van der Waals surface area contributed by atoms with Gasteiger partial charge in [0.2, 0.25) is 0 Å². The fraction of sp³-hybridized carbons (Fsp3) is 0.368. The number of fused-ring (bicyclic) bond motifs is 1. The van der Waals surface area contributed by atoms with Crippen LogP contribution >= 0.6 is 0 Å². The number of benzene rings is 1. The highest BCUT2D eigenvalue weighted by atomic mass is 16.5. The maximum absolute atomic E-state index is 12.7. The first-order valence-electron chi connectivity index (χ1n) is 8.40. The molecule has 0 radical (unpaired) electrons. The smallest absolute Gasteiger partial charge is 0.253 e. The van der Waals surface area contributed by atoms with Crippen LogP contribution in [-0.4, -0.2) is 40.8 Å². The van der Waals surface area contributed by atoms with Gasteiger partial charge in [-0.15, -0.1) is 0 Å². The Labute approximate surface area is 147 Å². The molecule has 0 atom stereocenters.